The molecule has 2 rings (SSSR count). The summed E-state index contributed by atoms with van der Waals surface area (Å²) < 4.78 is 0. The van der Waals surface area contributed by atoms with E-state index in [-0.39, 0.29) is 5.54 Å². The third kappa shape index (κ3) is 3.75. The molecule has 0 spiro atoms. The summed E-state index contributed by atoms with van der Waals surface area (Å²) in [5, 5.41) is 4.55. The molecule has 0 saturated carbocycles. The van der Waals surface area contributed by atoms with Crippen molar-refractivity contribution in [1.29, 1.82) is 0 Å². The normalized spacial score (nSPS) is 23.2. The minimum absolute atomic E-state index is 0.169. The van der Waals surface area contributed by atoms with E-state index in [1.807, 2.05) is 0 Å². The van der Waals surface area contributed by atoms with E-state index in [0.717, 1.165) is 24.7 Å². The Hall–Kier alpha value is -0.570. The highest BCUT2D eigenvalue weighted by atomic mass is 35.5. The lowest BCUT2D eigenvalue weighted by molar-refractivity contribution is 0.0627. The van der Waals surface area contributed by atoms with E-state index in [1.54, 1.807) is 0 Å². The van der Waals surface area contributed by atoms with Crippen LogP contribution in [0.4, 0.5) is 0 Å². The summed E-state index contributed by atoms with van der Waals surface area (Å²) in [5.74, 6) is 0.642. The topological polar surface area (TPSA) is 15.3 Å². The molecule has 1 heterocycles. The van der Waals surface area contributed by atoms with Gasteiger partial charge in [-0.05, 0) is 43.9 Å². The van der Waals surface area contributed by atoms with Crippen LogP contribution in [0.3, 0.4) is 0 Å². The third-order valence-corrected chi connectivity index (χ3v) is 4.56. The third-order valence-electron chi connectivity index (χ3n) is 4.21. The van der Waals surface area contributed by atoms with Gasteiger partial charge in [0.2, 0.25) is 0 Å². The zero-order valence-electron chi connectivity index (χ0n) is 13.3. The molecule has 1 aromatic carbocycles. The predicted molar refractivity (Wildman–Crippen MR) is 87.3 cm³/mol. The zero-order valence-corrected chi connectivity index (χ0v) is 14.1. The Kier molecular flexibility index (Phi) is 4.78. The van der Waals surface area contributed by atoms with Gasteiger partial charge >= 0.3 is 0 Å². The Bertz CT molecular complexity index is 468. The molecule has 0 aromatic heterocycles. The lowest BCUT2D eigenvalue weighted by Gasteiger charge is -2.46. The van der Waals surface area contributed by atoms with E-state index < -0.39 is 0 Å². The van der Waals surface area contributed by atoms with Crippen molar-refractivity contribution in [2.45, 2.75) is 52.7 Å². The maximum atomic E-state index is 6.40. The second kappa shape index (κ2) is 6.05. The number of nitrogens with one attached hydrogen (secondary N) is 1. The highest BCUT2D eigenvalue weighted by Crippen LogP contribution is 2.25. The van der Waals surface area contributed by atoms with Gasteiger partial charge < -0.3 is 5.32 Å². The Labute approximate surface area is 128 Å². The van der Waals surface area contributed by atoms with Crippen LogP contribution in [0, 0.1) is 12.8 Å². The predicted octanol–water partition coefficient (Wildman–Crippen LogP) is 3.86. The molecular formula is C17H27ClN2. The van der Waals surface area contributed by atoms with Gasteiger partial charge in [0.15, 0.2) is 0 Å². The highest BCUT2D eigenvalue weighted by molar-refractivity contribution is 6.31. The average molecular weight is 295 g/mol. The van der Waals surface area contributed by atoms with E-state index in [0.29, 0.717) is 12.0 Å². The molecule has 1 N–H and O–H groups in total. The largest absolute Gasteiger partial charge is 0.309 e. The lowest BCUT2D eigenvalue weighted by atomic mass is 9.92. The Balaban J connectivity index is 2.18. The molecule has 1 aliphatic rings. The quantitative estimate of drug-likeness (QED) is 0.911. The molecule has 0 aliphatic carbocycles. The maximum absolute atomic E-state index is 6.40. The number of halogens is 1. The van der Waals surface area contributed by atoms with Crippen molar-refractivity contribution in [2.75, 3.05) is 13.1 Å². The second-order valence-corrected chi connectivity index (χ2v) is 7.48. The molecule has 1 aromatic rings. The fraction of sp³-hybridized carbons (Fsp3) is 0.647. The molecule has 0 radical (unpaired) electrons. The van der Waals surface area contributed by atoms with Crippen LogP contribution in [-0.4, -0.2) is 29.6 Å². The fourth-order valence-corrected chi connectivity index (χ4v) is 3.32. The van der Waals surface area contributed by atoms with E-state index in [9.17, 15) is 0 Å². The fourth-order valence-electron chi connectivity index (χ4n) is 3.02. The molecule has 2 nitrogen and oxygen atoms in total. The van der Waals surface area contributed by atoms with Gasteiger partial charge in [-0.15, -0.1) is 0 Å². The van der Waals surface area contributed by atoms with Crippen LogP contribution >= 0.6 is 11.6 Å². The second-order valence-electron chi connectivity index (χ2n) is 7.08. The first-order valence-electron chi connectivity index (χ1n) is 7.52. The first-order chi connectivity index (χ1) is 9.28. The van der Waals surface area contributed by atoms with Crippen molar-refractivity contribution >= 4 is 11.6 Å². The van der Waals surface area contributed by atoms with Gasteiger partial charge in [-0.1, -0.05) is 37.6 Å². The number of benzene rings is 1. The Morgan fingerprint density at radius 2 is 2.10 bits per heavy atom. The van der Waals surface area contributed by atoms with Crippen molar-refractivity contribution in [1.82, 2.24) is 10.2 Å². The number of rotatable bonds is 3. The van der Waals surface area contributed by atoms with Crippen LogP contribution in [0.2, 0.25) is 5.02 Å². The number of piperazine rings is 1. The standard InChI is InChI=1S/C17H27ClN2/c1-12(2)16-9-19-17(4,5)11-20(16)10-14-7-6-13(3)8-15(14)18/h6-8,12,16,19H,9-11H2,1-5H3. The first-order valence-corrected chi connectivity index (χ1v) is 7.90. The van der Waals surface area contributed by atoms with Crippen molar-refractivity contribution in [3.8, 4) is 0 Å². The molecule has 1 unspecified atom stereocenters. The van der Waals surface area contributed by atoms with Gasteiger partial charge in [-0.25, -0.2) is 0 Å². The molecule has 0 bridgehead atoms. The Morgan fingerprint density at radius 3 is 2.70 bits per heavy atom. The van der Waals surface area contributed by atoms with Crippen molar-refractivity contribution in [3.05, 3.63) is 34.3 Å². The molecule has 1 aliphatic heterocycles. The molecule has 1 saturated heterocycles. The van der Waals surface area contributed by atoms with E-state index >= 15 is 0 Å². The molecule has 1 fully saturated rings. The maximum Gasteiger partial charge on any atom is 0.0453 e. The SMILES string of the molecule is Cc1ccc(CN2CC(C)(C)NCC2C(C)C)c(Cl)c1. The van der Waals surface area contributed by atoms with Crippen LogP contribution in [0.25, 0.3) is 0 Å². The van der Waals surface area contributed by atoms with E-state index in [4.69, 9.17) is 11.6 Å². The summed E-state index contributed by atoms with van der Waals surface area (Å²) in [5.41, 5.74) is 2.63. The van der Waals surface area contributed by atoms with Gasteiger partial charge in [0.25, 0.3) is 0 Å². The summed E-state index contributed by atoms with van der Waals surface area (Å²) in [6.07, 6.45) is 0. The van der Waals surface area contributed by atoms with Gasteiger partial charge in [0, 0.05) is 36.2 Å². The summed E-state index contributed by atoms with van der Waals surface area (Å²) >= 11 is 6.40. The summed E-state index contributed by atoms with van der Waals surface area (Å²) in [6.45, 7) is 14.3. The molecule has 112 valence electrons. The summed E-state index contributed by atoms with van der Waals surface area (Å²) in [7, 11) is 0. The van der Waals surface area contributed by atoms with Crippen molar-refractivity contribution < 1.29 is 0 Å². The van der Waals surface area contributed by atoms with Crippen LogP contribution < -0.4 is 5.32 Å². The number of nitrogens with zero attached hydrogens (tertiary/aromatic N) is 1. The van der Waals surface area contributed by atoms with Crippen molar-refractivity contribution in [3.63, 3.8) is 0 Å². The van der Waals surface area contributed by atoms with Crippen LogP contribution in [0.5, 0.6) is 0 Å². The van der Waals surface area contributed by atoms with Crippen LogP contribution in [0.1, 0.15) is 38.8 Å². The molecular weight excluding hydrogens is 268 g/mol. The number of hydrogen-bond donors (Lipinski definition) is 1. The number of aryl methyl sites for hydroxylation is 1. The highest BCUT2D eigenvalue weighted by Gasteiger charge is 2.33. The van der Waals surface area contributed by atoms with Crippen LogP contribution in [-0.2, 0) is 6.54 Å². The smallest absolute Gasteiger partial charge is 0.0453 e. The van der Waals surface area contributed by atoms with Crippen LogP contribution in [0.15, 0.2) is 18.2 Å². The zero-order chi connectivity index (χ0) is 14.9. The van der Waals surface area contributed by atoms with E-state index in [1.165, 1.54) is 11.1 Å². The average Bonchev–Trinajstić information content (AvgIpc) is 2.31. The molecule has 0 amide bonds. The van der Waals surface area contributed by atoms with Crippen molar-refractivity contribution in [2.24, 2.45) is 5.92 Å². The van der Waals surface area contributed by atoms with Gasteiger partial charge in [0.05, 0.1) is 0 Å². The van der Waals surface area contributed by atoms with Gasteiger partial charge in [0.1, 0.15) is 0 Å². The van der Waals surface area contributed by atoms with Gasteiger partial charge in [-0.2, -0.15) is 0 Å². The lowest BCUT2D eigenvalue weighted by Crippen LogP contribution is -2.62. The molecule has 1 atom stereocenters. The monoisotopic (exact) mass is 294 g/mol. The minimum atomic E-state index is 0.169. The summed E-state index contributed by atoms with van der Waals surface area (Å²) in [4.78, 5) is 2.58. The number of hydrogen-bond acceptors (Lipinski definition) is 2. The molecule has 20 heavy (non-hydrogen) atoms. The molecule has 3 heteroatoms. The summed E-state index contributed by atoms with van der Waals surface area (Å²) in [6, 6.07) is 6.96. The van der Waals surface area contributed by atoms with E-state index in [2.05, 4.69) is 63.0 Å². The first kappa shape index (κ1) is 15.8. The van der Waals surface area contributed by atoms with Gasteiger partial charge in [-0.3, -0.25) is 4.90 Å². The minimum Gasteiger partial charge on any atom is -0.309 e. The Morgan fingerprint density at radius 1 is 1.40 bits per heavy atom.